The first-order valence-corrected chi connectivity index (χ1v) is 9.19. The van der Waals surface area contributed by atoms with E-state index < -0.39 is 24.0 Å². The molecule has 1 amide bonds. The van der Waals surface area contributed by atoms with Gasteiger partial charge in [-0.05, 0) is 57.7 Å². The molecule has 1 aliphatic carbocycles. The number of rotatable bonds is 6. The summed E-state index contributed by atoms with van der Waals surface area (Å²) in [6.45, 7) is 5.17. The average Bonchev–Trinajstić information content (AvgIpc) is 3.52. The number of carbonyl (C=O) groups is 2. The van der Waals surface area contributed by atoms with Gasteiger partial charge in [-0.15, -0.1) is 0 Å². The summed E-state index contributed by atoms with van der Waals surface area (Å²) in [5.74, 6) is -1.04. The smallest absolute Gasteiger partial charge is 0.338 e. The van der Waals surface area contributed by atoms with Crippen LogP contribution in [0.5, 0.6) is 0 Å². The highest BCUT2D eigenvalue weighted by molar-refractivity contribution is 5.94. The van der Waals surface area contributed by atoms with Gasteiger partial charge in [0.25, 0.3) is 11.5 Å². The van der Waals surface area contributed by atoms with E-state index in [9.17, 15) is 19.6 Å². The van der Waals surface area contributed by atoms with E-state index in [0.29, 0.717) is 23.3 Å². The van der Waals surface area contributed by atoms with Crippen LogP contribution in [0.2, 0.25) is 0 Å². The Morgan fingerprint density at radius 2 is 2.14 bits per heavy atom. The maximum atomic E-state index is 12.3. The fourth-order valence-electron chi connectivity index (χ4n) is 3.24. The highest BCUT2D eigenvalue weighted by atomic mass is 16.5. The van der Waals surface area contributed by atoms with Crippen LogP contribution in [0.25, 0.3) is 11.0 Å². The van der Waals surface area contributed by atoms with Crippen molar-refractivity contribution in [2.45, 2.75) is 45.7 Å². The van der Waals surface area contributed by atoms with Gasteiger partial charge in [-0.25, -0.2) is 9.78 Å². The van der Waals surface area contributed by atoms with Crippen molar-refractivity contribution in [1.82, 2.24) is 14.9 Å². The molecule has 1 N–H and O–H groups in total. The molecule has 28 heavy (non-hydrogen) atoms. The van der Waals surface area contributed by atoms with Gasteiger partial charge in [-0.2, -0.15) is 5.26 Å². The van der Waals surface area contributed by atoms with E-state index in [1.54, 1.807) is 24.5 Å². The van der Waals surface area contributed by atoms with Crippen molar-refractivity contribution >= 4 is 22.9 Å². The number of amides is 1. The molecule has 0 spiro atoms. The SMILES string of the molecule is CCn1c(=O)c(C)nc2cc(C(=O)OCC(=O)N[C@@](C)(C#N)C3CC3)ccc21. The van der Waals surface area contributed by atoms with E-state index in [-0.39, 0.29) is 17.0 Å². The first-order valence-electron chi connectivity index (χ1n) is 9.19. The number of carbonyl (C=O) groups excluding carboxylic acids is 2. The van der Waals surface area contributed by atoms with E-state index >= 15 is 0 Å². The van der Waals surface area contributed by atoms with Crippen molar-refractivity contribution < 1.29 is 14.3 Å². The highest BCUT2D eigenvalue weighted by Crippen LogP contribution is 2.39. The molecule has 146 valence electrons. The molecule has 1 saturated carbocycles. The summed E-state index contributed by atoms with van der Waals surface area (Å²) in [4.78, 5) is 40.8. The first-order chi connectivity index (χ1) is 13.3. The van der Waals surface area contributed by atoms with Crippen molar-refractivity contribution in [3.8, 4) is 6.07 Å². The van der Waals surface area contributed by atoms with Crippen LogP contribution in [0.3, 0.4) is 0 Å². The molecule has 1 aromatic heterocycles. The van der Waals surface area contributed by atoms with Crippen LogP contribution in [0.15, 0.2) is 23.0 Å². The number of aryl methyl sites for hydroxylation is 2. The Bertz CT molecular complexity index is 1050. The largest absolute Gasteiger partial charge is 0.452 e. The fourth-order valence-corrected chi connectivity index (χ4v) is 3.24. The van der Waals surface area contributed by atoms with Crippen molar-refractivity contribution in [1.29, 1.82) is 5.26 Å². The van der Waals surface area contributed by atoms with Crippen LogP contribution in [-0.4, -0.2) is 33.6 Å². The summed E-state index contributed by atoms with van der Waals surface area (Å²) < 4.78 is 6.67. The Hall–Kier alpha value is -3.21. The Labute approximate surface area is 162 Å². The van der Waals surface area contributed by atoms with Crippen LogP contribution in [0.1, 0.15) is 42.7 Å². The van der Waals surface area contributed by atoms with Crippen LogP contribution in [-0.2, 0) is 16.1 Å². The predicted octanol–water partition coefficient (Wildman–Crippen LogP) is 1.69. The zero-order chi connectivity index (χ0) is 20.5. The number of esters is 1. The molecule has 1 aromatic carbocycles. The van der Waals surface area contributed by atoms with Crippen LogP contribution < -0.4 is 10.9 Å². The second kappa shape index (κ2) is 7.43. The number of nitrogens with one attached hydrogen (secondary N) is 1. The summed E-state index contributed by atoms with van der Waals surface area (Å²) >= 11 is 0. The standard InChI is InChI=1S/C20H22N4O4/c1-4-24-16-8-5-13(9-15(16)22-12(2)18(24)26)19(27)28-10-17(25)23-20(3,11-21)14-6-7-14/h5,8-9,14H,4,6-7,10H2,1-3H3,(H,23,25)/t20-/m0/s1. The van der Waals surface area contributed by atoms with E-state index in [0.717, 1.165) is 12.8 Å². The average molecular weight is 382 g/mol. The van der Waals surface area contributed by atoms with Gasteiger partial charge in [-0.3, -0.25) is 9.59 Å². The first kappa shape index (κ1) is 19.5. The summed E-state index contributed by atoms with van der Waals surface area (Å²) in [7, 11) is 0. The summed E-state index contributed by atoms with van der Waals surface area (Å²) in [5, 5.41) is 11.9. The van der Waals surface area contributed by atoms with E-state index in [1.165, 1.54) is 12.1 Å². The van der Waals surface area contributed by atoms with E-state index in [1.807, 2.05) is 6.92 Å². The Kier molecular flexibility index (Phi) is 5.18. The number of ether oxygens (including phenoxy) is 1. The number of fused-ring (bicyclic) bond motifs is 1. The Morgan fingerprint density at radius 3 is 2.75 bits per heavy atom. The molecule has 8 heteroatoms. The molecule has 0 radical (unpaired) electrons. The van der Waals surface area contributed by atoms with E-state index in [2.05, 4.69) is 16.4 Å². The molecular weight excluding hydrogens is 360 g/mol. The second-order valence-electron chi connectivity index (χ2n) is 7.16. The van der Waals surface area contributed by atoms with Gasteiger partial charge in [0.2, 0.25) is 0 Å². The number of benzene rings is 1. The van der Waals surface area contributed by atoms with Gasteiger partial charge >= 0.3 is 5.97 Å². The van der Waals surface area contributed by atoms with Crippen molar-refractivity contribution in [3.63, 3.8) is 0 Å². The molecular formula is C20H22N4O4. The number of nitriles is 1. The number of nitrogens with zero attached hydrogens (tertiary/aromatic N) is 3. The van der Waals surface area contributed by atoms with Gasteiger partial charge in [0.15, 0.2) is 6.61 Å². The van der Waals surface area contributed by atoms with Crippen LogP contribution in [0, 0.1) is 24.2 Å². The zero-order valence-electron chi connectivity index (χ0n) is 16.1. The molecule has 0 bridgehead atoms. The van der Waals surface area contributed by atoms with Gasteiger partial charge in [0.05, 0.1) is 22.7 Å². The highest BCUT2D eigenvalue weighted by Gasteiger charge is 2.43. The molecule has 0 saturated heterocycles. The lowest BCUT2D eigenvalue weighted by molar-refractivity contribution is -0.125. The summed E-state index contributed by atoms with van der Waals surface area (Å²) in [5.41, 5.74) is 0.606. The van der Waals surface area contributed by atoms with Crippen LogP contribution in [0.4, 0.5) is 0 Å². The number of aromatic nitrogens is 2. The summed E-state index contributed by atoms with van der Waals surface area (Å²) in [6, 6.07) is 6.84. The van der Waals surface area contributed by atoms with Gasteiger partial charge < -0.3 is 14.6 Å². The molecule has 0 aliphatic heterocycles. The van der Waals surface area contributed by atoms with Gasteiger partial charge in [0, 0.05) is 6.54 Å². The Balaban J connectivity index is 1.71. The molecule has 3 rings (SSSR count). The van der Waals surface area contributed by atoms with Crippen LogP contribution >= 0.6 is 0 Å². The minimum absolute atomic E-state index is 0.142. The molecule has 1 atom stereocenters. The molecule has 8 nitrogen and oxygen atoms in total. The monoisotopic (exact) mass is 382 g/mol. The molecule has 1 heterocycles. The predicted molar refractivity (Wildman–Crippen MR) is 102 cm³/mol. The normalized spacial score (nSPS) is 15.5. The quantitative estimate of drug-likeness (QED) is 0.761. The minimum atomic E-state index is -0.933. The lowest BCUT2D eigenvalue weighted by Gasteiger charge is -2.22. The molecule has 0 unspecified atom stereocenters. The van der Waals surface area contributed by atoms with Crippen molar-refractivity contribution in [2.75, 3.05) is 6.61 Å². The Morgan fingerprint density at radius 1 is 1.43 bits per heavy atom. The third-order valence-electron chi connectivity index (χ3n) is 5.02. The second-order valence-corrected chi connectivity index (χ2v) is 7.16. The van der Waals surface area contributed by atoms with Gasteiger partial charge in [0.1, 0.15) is 11.2 Å². The number of hydrogen-bond donors (Lipinski definition) is 1. The maximum Gasteiger partial charge on any atom is 0.338 e. The molecule has 1 aliphatic rings. The zero-order valence-corrected chi connectivity index (χ0v) is 16.1. The van der Waals surface area contributed by atoms with Gasteiger partial charge in [-0.1, -0.05) is 0 Å². The van der Waals surface area contributed by atoms with E-state index in [4.69, 9.17) is 4.74 Å². The maximum absolute atomic E-state index is 12.3. The third-order valence-corrected chi connectivity index (χ3v) is 5.02. The van der Waals surface area contributed by atoms with Crippen molar-refractivity contribution in [3.05, 3.63) is 39.8 Å². The summed E-state index contributed by atoms with van der Waals surface area (Å²) in [6.07, 6.45) is 1.80. The lowest BCUT2D eigenvalue weighted by atomic mass is 9.98. The minimum Gasteiger partial charge on any atom is -0.452 e. The molecule has 2 aromatic rings. The molecule has 1 fully saturated rings. The third kappa shape index (κ3) is 3.74. The fraction of sp³-hybridized carbons (Fsp3) is 0.450. The topological polar surface area (TPSA) is 114 Å². The van der Waals surface area contributed by atoms with Crippen molar-refractivity contribution in [2.24, 2.45) is 5.92 Å². The number of hydrogen-bond acceptors (Lipinski definition) is 6. The lowest BCUT2D eigenvalue weighted by Crippen LogP contribution is -2.48.